The summed E-state index contributed by atoms with van der Waals surface area (Å²) in [5, 5.41) is 8.61. The van der Waals surface area contributed by atoms with Crippen molar-refractivity contribution in [2.75, 3.05) is 7.11 Å². The van der Waals surface area contributed by atoms with Gasteiger partial charge in [-0.05, 0) is 41.3 Å². The van der Waals surface area contributed by atoms with Crippen molar-refractivity contribution in [2.45, 2.75) is 13.5 Å². The van der Waals surface area contributed by atoms with Gasteiger partial charge in [-0.3, -0.25) is 9.89 Å². The molecule has 4 aromatic rings. The number of nitrogens with zero attached hydrogens (tertiary/aromatic N) is 1. The van der Waals surface area contributed by atoms with Gasteiger partial charge in [0.05, 0.1) is 29.4 Å². The second-order valence-corrected chi connectivity index (χ2v) is 7.06. The summed E-state index contributed by atoms with van der Waals surface area (Å²) in [4.78, 5) is 11.1. The first-order valence-corrected chi connectivity index (χ1v) is 9.46. The zero-order chi connectivity index (χ0) is 20.4. The van der Waals surface area contributed by atoms with Crippen LogP contribution in [0.3, 0.4) is 0 Å². The Labute approximate surface area is 173 Å². The molecule has 0 spiro atoms. The van der Waals surface area contributed by atoms with E-state index in [4.69, 9.17) is 21.1 Å². The number of H-pyrrole nitrogens is 1. The highest BCUT2D eigenvalue weighted by atomic mass is 35.5. The minimum absolute atomic E-state index is 0.338. The SMILES string of the molecule is COc1cc(OCc2cccc(-c3cccc4[nH]ncc34)c2C)c(Cl)cc1C=O. The number of aromatic amines is 1. The molecule has 0 saturated carbocycles. The largest absolute Gasteiger partial charge is 0.496 e. The van der Waals surface area contributed by atoms with Crippen LogP contribution in [0, 0.1) is 6.92 Å². The number of aldehydes is 1. The maximum absolute atomic E-state index is 11.1. The average Bonchev–Trinajstić information content (AvgIpc) is 3.22. The molecule has 146 valence electrons. The number of fused-ring (bicyclic) bond motifs is 1. The molecule has 0 unspecified atom stereocenters. The predicted octanol–water partition coefficient (Wildman–Crippen LogP) is 5.59. The Kier molecular flexibility index (Phi) is 5.23. The van der Waals surface area contributed by atoms with Crippen molar-refractivity contribution in [2.24, 2.45) is 0 Å². The van der Waals surface area contributed by atoms with Gasteiger partial charge in [0, 0.05) is 11.5 Å². The van der Waals surface area contributed by atoms with Crippen LogP contribution in [0.5, 0.6) is 11.5 Å². The lowest BCUT2D eigenvalue weighted by Crippen LogP contribution is -2.01. The van der Waals surface area contributed by atoms with Gasteiger partial charge in [-0.15, -0.1) is 0 Å². The topological polar surface area (TPSA) is 64.2 Å². The Morgan fingerprint density at radius 1 is 1.10 bits per heavy atom. The number of halogens is 1. The fourth-order valence-electron chi connectivity index (χ4n) is 3.42. The summed E-state index contributed by atoms with van der Waals surface area (Å²) in [6.07, 6.45) is 2.55. The number of hydrogen-bond donors (Lipinski definition) is 1. The summed E-state index contributed by atoms with van der Waals surface area (Å²) in [7, 11) is 1.50. The molecule has 5 nitrogen and oxygen atoms in total. The fourth-order valence-corrected chi connectivity index (χ4v) is 3.65. The number of benzene rings is 3. The van der Waals surface area contributed by atoms with Crippen molar-refractivity contribution >= 4 is 28.8 Å². The van der Waals surface area contributed by atoms with Gasteiger partial charge in [0.25, 0.3) is 0 Å². The van der Waals surface area contributed by atoms with E-state index in [0.717, 1.165) is 33.2 Å². The molecule has 0 amide bonds. The highest BCUT2D eigenvalue weighted by molar-refractivity contribution is 6.32. The average molecular weight is 407 g/mol. The molecule has 1 heterocycles. The fraction of sp³-hybridized carbons (Fsp3) is 0.130. The summed E-state index contributed by atoms with van der Waals surface area (Å²) >= 11 is 6.27. The first-order valence-electron chi connectivity index (χ1n) is 9.09. The van der Waals surface area contributed by atoms with Crippen molar-refractivity contribution in [1.29, 1.82) is 0 Å². The molecule has 0 bridgehead atoms. The molecule has 0 radical (unpaired) electrons. The smallest absolute Gasteiger partial charge is 0.153 e. The molecular formula is C23H19ClN2O3. The van der Waals surface area contributed by atoms with Gasteiger partial charge in [0.1, 0.15) is 18.1 Å². The minimum Gasteiger partial charge on any atom is -0.496 e. The summed E-state index contributed by atoms with van der Waals surface area (Å²) < 4.78 is 11.2. The maximum atomic E-state index is 11.1. The zero-order valence-electron chi connectivity index (χ0n) is 16.0. The third-order valence-electron chi connectivity index (χ3n) is 5.02. The lowest BCUT2D eigenvalue weighted by Gasteiger charge is -2.15. The number of aromatic nitrogens is 2. The van der Waals surface area contributed by atoms with Crippen molar-refractivity contribution in [3.63, 3.8) is 0 Å². The Hall–Kier alpha value is -3.31. The first kappa shape index (κ1) is 19.0. The minimum atomic E-state index is 0.338. The van der Waals surface area contributed by atoms with Crippen LogP contribution >= 0.6 is 11.6 Å². The Morgan fingerprint density at radius 2 is 1.90 bits per heavy atom. The van der Waals surface area contributed by atoms with E-state index >= 15 is 0 Å². The third-order valence-corrected chi connectivity index (χ3v) is 5.31. The van der Waals surface area contributed by atoms with Crippen molar-refractivity contribution in [1.82, 2.24) is 10.2 Å². The Balaban J connectivity index is 1.66. The molecule has 29 heavy (non-hydrogen) atoms. The highest BCUT2D eigenvalue weighted by Crippen LogP contribution is 2.34. The second kappa shape index (κ2) is 7.97. The molecule has 4 rings (SSSR count). The molecule has 0 atom stereocenters. The lowest BCUT2D eigenvalue weighted by atomic mass is 9.95. The highest BCUT2D eigenvalue weighted by Gasteiger charge is 2.13. The molecule has 0 saturated heterocycles. The quantitative estimate of drug-likeness (QED) is 0.424. The van der Waals surface area contributed by atoms with E-state index in [9.17, 15) is 4.79 Å². The maximum Gasteiger partial charge on any atom is 0.153 e. The summed E-state index contributed by atoms with van der Waals surface area (Å²) in [6, 6.07) is 15.4. The number of rotatable bonds is 6. The second-order valence-electron chi connectivity index (χ2n) is 6.66. The lowest BCUT2D eigenvalue weighted by molar-refractivity contribution is 0.112. The molecule has 0 aliphatic carbocycles. The molecule has 6 heteroatoms. The number of nitrogens with one attached hydrogen (secondary N) is 1. The van der Waals surface area contributed by atoms with Gasteiger partial charge in [-0.2, -0.15) is 5.10 Å². The van der Waals surface area contributed by atoms with Gasteiger partial charge in [-0.1, -0.05) is 41.9 Å². The van der Waals surface area contributed by atoms with Crippen LogP contribution in [-0.2, 0) is 6.61 Å². The van der Waals surface area contributed by atoms with Crippen molar-refractivity contribution in [3.05, 3.63) is 76.4 Å². The van der Waals surface area contributed by atoms with E-state index < -0.39 is 0 Å². The van der Waals surface area contributed by atoms with E-state index in [-0.39, 0.29) is 0 Å². The van der Waals surface area contributed by atoms with Gasteiger partial charge >= 0.3 is 0 Å². The van der Waals surface area contributed by atoms with E-state index in [1.165, 1.54) is 7.11 Å². The molecule has 1 aromatic heterocycles. The van der Waals surface area contributed by atoms with E-state index in [1.54, 1.807) is 12.1 Å². The molecule has 3 aromatic carbocycles. The van der Waals surface area contributed by atoms with Gasteiger partial charge < -0.3 is 9.47 Å². The molecular weight excluding hydrogens is 388 g/mol. The number of hydrogen-bond acceptors (Lipinski definition) is 4. The Bertz CT molecular complexity index is 1200. The Morgan fingerprint density at radius 3 is 2.69 bits per heavy atom. The van der Waals surface area contributed by atoms with Gasteiger partial charge in [-0.25, -0.2) is 0 Å². The van der Waals surface area contributed by atoms with Crippen LogP contribution in [0.1, 0.15) is 21.5 Å². The third kappa shape index (κ3) is 3.57. The van der Waals surface area contributed by atoms with Crippen LogP contribution in [0.15, 0.2) is 54.7 Å². The van der Waals surface area contributed by atoms with E-state index in [1.807, 2.05) is 30.5 Å². The van der Waals surface area contributed by atoms with Crippen LogP contribution in [0.2, 0.25) is 5.02 Å². The molecule has 0 fully saturated rings. The van der Waals surface area contributed by atoms with Crippen LogP contribution < -0.4 is 9.47 Å². The standard InChI is InChI=1S/C23H19ClN2O3/c1-14-15(13-29-23-10-22(28-2)16(12-27)9-20(23)24)5-3-6-17(14)18-7-4-8-21-19(18)11-25-26-21/h3-12H,13H2,1-2H3,(H,25,26). The molecule has 1 N–H and O–H groups in total. The summed E-state index contributed by atoms with van der Waals surface area (Å²) in [5.74, 6) is 0.896. The zero-order valence-corrected chi connectivity index (χ0v) is 16.8. The molecule has 0 aliphatic rings. The number of methoxy groups -OCH3 is 1. The predicted molar refractivity (Wildman–Crippen MR) is 114 cm³/mol. The molecule has 0 aliphatic heterocycles. The first-order chi connectivity index (χ1) is 14.1. The van der Waals surface area contributed by atoms with E-state index in [0.29, 0.717) is 35.0 Å². The van der Waals surface area contributed by atoms with E-state index in [2.05, 4.69) is 29.3 Å². The normalized spacial score (nSPS) is 10.9. The number of ether oxygens (including phenoxy) is 2. The number of carbonyl (C=O) groups excluding carboxylic acids is 1. The van der Waals surface area contributed by atoms with Gasteiger partial charge in [0.2, 0.25) is 0 Å². The van der Waals surface area contributed by atoms with Crippen molar-refractivity contribution in [3.8, 4) is 22.6 Å². The summed E-state index contributed by atoms with van der Waals surface area (Å²) in [5.41, 5.74) is 5.78. The monoisotopic (exact) mass is 406 g/mol. The van der Waals surface area contributed by atoms with Crippen LogP contribution in [-0.4, -0.2) is 23.6 Å². The summed E-state index contributed by atoms with van der Waals surface area (Å²) in [6.45, 7) is 2.41. The van der Waals surface area contributed by atoms with Crippen LogP contribution in [0.4, 0.5) is 0 Å². The van der Waals surface area contributed by atoms with Gasteiger partial charge in [0.15, 0.2) is 6.29 Å². The number of carbonyl (C=O) groups is 1. The van der Waals surface area contributed by atoms with Crippen molar-refractivity contribution < 1.29 is 14.3 Å². The van der Waals surface area contributed by atoms with Crippen LogP contribution in [0.25, 0.3) is 22.0 Å².